The summed E-state index contributed by atoms with van der Waals surface area (Å²) in [4.78, 5) is 31.8. The van der Waals surface area contributed by atoms with Gasteiger partial charge in [-0.1, -0.05) is 12.1 Å². The zero-order valence-electron chi connectivity index (χ0n) is 18.0. The SMILES string of the molecule is CC(C)Oc1cc(C(=O)Nc2nc(CC(=O)O)cs2)cc(OCc2ccc(C(F)(F)F)cc2)n1. The van der Waals surface area contributed by atoms with E-state index in [-0.39, 0.29) is 41.6 Å². The van der Waals surface area contributed by atoms with Crippen LogP contribution in [-0.2, 0) is 24.0 Å². The second-order valence-corrected chi connectivity index (χ2v) is 8.21. The molecule has 0 radical (unpaired) electrons. The van der Waals surface area contributed by atoms with Crippen LogP contribution in [0.3, 0.4) is 0 Å². The maximum atomic E-state index is 12.7. The number of carbonyl (C=O) groups is 2. The Morgan fingerprint density at radius 3 is 2.41 bits per heavy atom. The maximum Gasteiger partial charge on any atom is 0.416 e. The number of halogens is 3. The third-order valence-electron chi connectivity index (χ3n) is 4.17. The number of thiazole rings is 1. The van der Waals surface area contributed by atoms with Crippen LogP contribution in [0, 0.1) is 0 Å². The number of carboxylic acid groups (broad SMARTS) is 1. The lowest BCUT2D eigenvalue weighted by atomic mass is 10.1. The van der Waals surface area contributed by atoms with E-state index in [0.717, 1.165) is 23.5 Å². The minimum absolute atomic E-state index is 0.0360. The number of hydrogen-bond donors (Lipinski definition) is 2. The van der Waals surface area contributed by atoms with Crippen molar-refractivity contribution in [2.75, 3.05) is 5.32 Å². The molecule has 0 saturated heterocycles. The zero-order chi connectivity index (χ0) is 24.9. The number of hydrogen-bond acceptors (Lipinski definition) is 7. The van der Waals surface area contributed by atoms with Gasteiger partial charge in [0.05, 0.1) is 29.3 Å². The summed E-state index contributed by atoms with van der Waals surface area (Å²) in [5.41, 5.74) is 0.161. The molecule has 0 bridgehead atoms. The van der Waals surface area contributed by atoms with Crippen LogP contribution in [0.15, 0.2) is 41.8 Å². The smallest absolute Gasteiger partial charge is 0.416 e. The lowest BCUT2D eigenvalue weighted by Crippen LogP contribution is -2.14. The highest BCUT2D eigenvalue weighted by Crippen LogP contribution is 2.29. The first kappa shape index (κ1) is 25.0. The molecule has 2 aromatic heterocycles. The number of amides is 1. The van der Waals surface area contributed by atoms with E-state index in [1.54, 1.807) is 13.8 Å². The molecule has 2 heterocycles. The summed E-state index contributed by atoms with van der Waals surface area (Å²) in [5, 5.41) is 13.2. The Labute approximate surface area is 196 Å². The van der Waals surface area contributed by atoms with Crippen LogP contribution in [0.25, 0.3) is 0 Å². The first-order valence-electron chi connectivity index (χ1n) is 9.95. The van der Waals surface area contributed by atoms with Gasteiger partial charge in [-0.25, -0.2) is 4.98 Å². The third-order valence-corrected chi connectivity index (χ3v) is 4.98. The predicted molar refractivity (Wildman–Crippen MR) is 117 cm³/mol. The number of carboxylic acids is 1. The Balaban J connectivity index is 1.75. The van der Waals surface area contributed by atoms with Crippen LogP contribution < -0.4 is 14.8 Å². The van der Waals surface area contributed by atoms with Crippen molar-refractivity contribution in [2.45, 2.75) is 39.2 Å². The van der Waals surface area contributed by atoms with Gasteiger partial charge in [-0.2, -0.15) is 18.2 Å². The summed E-state index contributed by atoms with van der Waals surface area (Å²) in [5.74, 6) is -1.43. The molecular weight excluding hydrogens is 475 g/mol. The van der Waals surface area contributed by atoms with Crippen LogP contribution in [0.1, 0.15) is 41.0 Å². The molecule has 0 aliphatic heterocycles. The van der Waals surface area contributed by atoms with E-state index in [0.29, 0.717) is 11.3 Å². The number of nitrogens with one attached hydrogen (secondary N) is 1. The van der Waals surface area contributed by atoms with Crippen molar-refractivity contribution in [1.29, 1.82) is 0 Å². The van der Waals surface area contributed by atoms with Gasteiger partial charge in [-0.05, 0) is 31.5 Å². The lowest BCUT2D eigenvalue weighted by Gasteiger charge is -2.13. The first-order valence-corrected chi connectivity index (χ1v) is 10.8. The maximum absolute atomic E-state index is 12.7. The van der Waals surface area contributed by atoms with Crippen molar-refractivity contribution in [3.63, 3.8) is 0 Å². The number of pyridine rings is 1. The molecule has 12 heteroatoms. The minimum Gasteiger partial charge on any atom is -0.481 e. The topological polar surface area (TPSA) is 111 Å². The van der Waals surface area contributed by atoms with E-state index < -0.39 is 23.6 Å². The number of alkyl halides is 3. The quantitative estimate of drug-likeness (QED) is 0.439. The molecule has 0 spiro atoms. The van der Waals surface area contributed by atoms with Gasteiger partial charge in [0.2, 0.25) is 11.8 Å². The van der Waals surface area contributed by atoms with Gasteiger partial charge < -0.3 is 14.6 Å². The zero-order valence-corrected chi connectivity index (χ0v) is 18.9. The molecule has 0 atom stereocenters. The van der Waals surface area contributed by atoms with Gasteiger partial charge in [0.15, 0.2) is 5.13 Å². The Hall–Kier alpha value is -3.67. The summed E-state index contributed by atoms with van der Waals surface area (Å²) in [7, 11) is 0. The predicted octanol–water partition coefficient (Wildman–Crippen LogP) is 4.80. The molecule has 2 N–H and O–H groups in total. The normalized spacial score (nSPS) is 11.4. The molecule has 0 aliphatic rings. The average molecular weight is 495 g/mol. The van der Waals surface area contributed by atoms with Gasteiger partial charge in [-0.3, -0.25) is 14.9 Å². The number of aromatic nitrogens is 2. The number of carbonyl (C=O) groups excluding carboxylic acids is 1. The summed E-state index contributed by atoms with van der Waals surface area (Å²) in [6, 6.07) is 7.26. The van der Waals surface area contributed by atoms with Crippen molar-refractivity contribution in [3.05, 3.63) is 64.2 Å². The molecule has 1 amide bonds. The van der Waals surface area contributed by atoms with Crippen LogP contribution in [0.5, 0.6) is 11.8 Å². The minimum atomic E-state index is -4.43. The van der Waals surface area contributed by atoms with Gasteiger partial charge >= 0.3 is 12.1 Å². The fourth-order valence-electron chi connectivity index (χ4n) is 2.70. The third kappa shape index (κ3) is 7.17. The number of nitrogens with zero attached hydrogens (tertiary/aromatic N) is 2. The standard InChI is InChI=1S/C22H20F3N3O5S/c1-12(2)33-18-8-14(20(31)28-21-26-16(11-34-21)9-19(29)30)7-17(27-18)32-10-13-3-5-15(6-4-13)22(23,24)25/h3-8,11-12H,9-10H2,1-2H3,(H,29,30)(H,26,28,31). The van der Waals surface area contributed by atoms with Gasteiger partial charge in [0, 0.05) is 17.5 Å². The summed E-state index contributed by atoms with van der Waals surface area (Å²) >= 11 is 1.08. The molecule has 34 heavy (non-hydrogen) atoms. The van der Waals surface area contributed by atoms with E-state index >= 15 is 0 Å². The highest BCUT2D eigenvalue weighted by atomic mass is 32.1. The van der Waals surface area contributed by atoms with Gasteiger partial charge in [-0.15, -0.1) is 11.3 Å². The van der Waals surface area contributed by atoms with Crippen molar-refractivity contribution in [3.8, 4) is 11.8 Å². The largest absolute Gasteiger partial charge is 0.481 e. The molecule has 8 nitrogen and oxygen atoms in total. The summed E-state index contributed by atoms with van der Waals surface area (Å²) in [6.45, 7) is 3.47. The van der Waals surface area contributed by atoms with E-state index in [4.69, 9.17) is 14.6 Å². The van der Waals surface area contributed by atoms with Crippen LogP contribution in [0.4, 0.5) is 18.3 Å². The number of benzene rings is 1. The van der Waals surface area contributed by atoms with Crippen molar-refractivity contribution in [2.24, 2.45) is 0 Å². The lowest BCUT2D eigenvalue weighted by molar-refractivity contribution is -0.138. The van der Waals surface area contributed by atoms with Crippen LogP contribution in [-0.4, -0.2) is 33.1 Å². The Bertz CT molecular complexity index is 1160. The highest BCUT2D eigenvalue weighted by Gasteiger charge is 2.29. The highest BCUT2D eigenvalue weighted by molar-refractivity contribution is 7.14. The van der Waals surface area contributed by atoms with Gasteiger partial charge in [0.25, 0.3) is 5.91 Å². The van der Waals surface area contributed by atoms with Crippen LogP contribution in [0.2, 0.25) is 0 Å². The molecule has 0 fully saturated rings. The van der Waals surface area contributed by atoms with Crippen molar-refractivity contribution in [1.82, 2.24) is 9.97 Å². The monoisotopic (exact) mass is 495 g/mol. The van der Waals surface area contributed by atoms with E-state index in [2.05, 4.69) is 15.3 Å². The Kier molecular flexibility index (Phi) is 7.72. The summed E-state index contributed by atoms with van der Waals surface area (Å²) in [6.07, 6.45) is -4.95. The Morgan fingerprint density at radius 1 is 1.12 bits per heavy atom. The van der Waals surface area contributed by atoms with Crippen molar-refractivity contribution >= 4 is 28.3 Å². The van der Waals surface area contributed by atoms with Crippen LogP contribution >= 0.6 is 11.3 Å². The number of aliphatic carboxylic acids is 1. The molecule has 180 valence electrons. The number of rotatable bonds is 9. The average Bonchev–Trinajstić information content (AvgIpc) is 3.17. The van der Waals surface area contributed by atoms with Gasteiger partial charge in [0.1, 0.15) is 6.61 Å². The van der Waals surface area contributed by atoms with E-state index in [1.807, 2.05) is 0 Å². The van der Waals surface area contributed by atoms with E-state index in [1.165, 1.54) is 29.6 Å². The number of ether oxygens (including phenoxy) is 2. The summed E-state index contributed by atoms with van der Waals surface area (Å²) < 4.78 is 49.4. The second-order valence-electron chi connectivity index (χ2n) is 7.35. The molecule has 3 aromatic rings. The molecule has 0 saturated carbocycles. The van der Waals surface area contributed by atoms with Crippen molar-refractivity contribution < 1.29 is 37.3 Å². The molecule has 0 aliphatic carbocycles. The number of anilines is 1. The molecule has 1 aromatic carbocycles. The van der Waals surface area contributed by atoms with E-state index in [9.17, 15) is 22.8 Å². The Morgan fingerprint density at radius 2 is 1.79 bits per heavy atom. The molecule has 0 unspecified atom stereocenters. The molecule has 3 rings (SSSR count). The fraction of sp³-hybridized carbons (Fsp3) is 0.273. The fourth-order valence-corrected chi connectivity index (χ4v) is 3.41. The second kappa shape index (κ2) is 10.5. The first-order chi connectivity index (χ1) is 16.0. The molecular formula is C22H20F3N3O5S.